The van der Waals surface area contributed by atoms with Gasteiger partial charge in [-0.1, -0.05) is 17.3 Å². The molecule has 1 aromatic heterocycles. The molecule has 0 atom stereocenters. The predicted molar refractivity (Wildman–Crippen MR) is 84.4 cm³/mol. The van der Waals surface area contributed by atoms with Crippen LogP contribution in [0, 0.1) is 0 Å². The number of ether oxygens (including phenoxy) is 1. The first-order valence-corrected chi connectivity index (χ1v) is 7.38. The Hall–Kier alpha value is -2.66. The molecule has 0 aliphatic heterocycles. The van der Waals surface area contributed by atoms with E-state index in [0.29, 0.717) is 0 Å². The number of halogens is 4. The average molecular weight is 395 g/mol. The summed E-state index contributed by atoms with van der Waals surface area (Å²) in [5.41, 5.74) is -0.0407. The number of carbonyl (C=O) groups excluding carboxylic acids is 2. The van der Waals surface area contributed by atoms with Crippen LogP contribution in [0.4, 0.5) is 19.2 Å². The van der Waals surface area contributed by atoms with Gasteiger partial charge < -0.3 is 15.4 Å². The number of hydrogen-bond donors (Lipinski definition) is 2. The lowest BCUT2D eigenvalue weighted by Gasteiger charge is -2.08. The number of benzene rings is 1. The summed E-state index contributed by atoms with van der Waals surface area (Å²) in [6.45, 7) is 0. The Balaban J connectivity index is 0.00000338. The zero-order valence-electron chi connectivity index (χ0n) is 13.2. The number of hydrogen-bond acceptors (Lipinski definition) is 7. The minimum absolute atomic E-state index is 0. The topological polar surface area (TPSA) is 129 Å². The average Bonchev–Trinajstić information content (AvgIpc) is 2.92. The molecule has 1 aromatic carbocycles. The van der Waals surface area contributed by atoms with Gasteiger partial charge in [-0.15, -0.1) is 11.6 Å². The summed E-state index contributed by atoms with van der Waals surface area (Å²) in [5.74, 6) is -2.04. The molecule has 4 N–H and O–H groups in total. The molecule has 2 aromatic rings. The standard InChI is InChI=1S/C14H11ClF3N3O4.H3N/c15-6-5-11(22)24-9-4-2-1-3-8(9)12(23)20-13-19-10(21-25-13)7-14(16,17)18;/h1-4H,5-7H2,(H,19,20,21,23);1H3. The molecular formula is C14H14ClF3N4O4. The number of para-hydroxylation sites is 1. The highest BCUT2D eigenvalue weighted by Crippen LogP contribution is 2.22. The molecule has 0 aliphatic rings. The van der Waals surface area contributed by atoms with Gasteiger partial charge >= 0.3 is 18.2 Å². The second-order valence-corrected chi connectivity index (χ2v) is 5.05. The van der Waals surface area contributed by atoms with Gasteiger partial charge in [0.05, 0.1) is 12.0 Å². The Kier molecular flexibility index (Phi) is 7.53. The number of nitrogens with one attached hydrogen (secondary N) is 1. The van der Waals surface area contributed by atoms with Crippen molar-refractivity contribution in [1.29, 1.82) is 0 Å². The molecule has 26 heavy (non-hydrogen) atoms. The van der Waals surface area contributed by atoms with E-state index in [1.807, 2.05) is 0 Å². The van der Waals surface area contributed by atoms with Gasteiger partial charge in [-0.2, -0.15) is 18.2 Å². The minimum Gasteiger partial charge on any atom is -0.426 e. The summed E-state index contributed by atoms with van der Waals surface area (Å²) in [6, 6.07) is 5.27. The molecule has 0 bridgehead atoms. The SMILES string of the molecule is N.O=C(CCCl)Oc1ccccc1C(=O)Nc1nc(CC(F)(F)F)no1. The number of aromatic nitrogens is 2. The molecule has 12 heteroatoms. The lowest BCUT2D eigenvalue weighted by Crippen LogP contribution is -2.16. The number of carbonyl (C=O) groups is 2. The van der Waals surface area contributed by atoms with E-state index in [1.54, 1.807) is 0 Å². The van der Waals surface area contributed by atoms with Crippen LogP contribution in [0.25, 0.3) is 0 Å². The Labute approximate surface area is 150 Å². The fourth-order valence-corrected chi connectivity index (χ4v) is 1.87. The van der Waals surface area contributed by atoms with Crippen molar-refractivity contribution in [2.45, 2.75) is 19.0 Å². The molecule has 1 amide bonds. The summed E-state index contributed by atoms with van der Waals surface area (Å²) >= 11 is 5.43. The molecule has 0 radical (unpaired) electrons. The quantitative estimate of drug-likeness (QED) is 0.437. The Morgan fingerprint density at radius 2 is 1.96 bits per heavy atom. The number of esters is 1. The molecule has 0 saturated carbocycles. The number of amides is 1. The van der Waals surface area contributed by atoms with Gasteiger partial charge in [-0.25, -0.2) is 0 Å². The summed E-state index contributed by atoms with van der Waals surface area (Å²) < 4.78 is 46.3. The van der Waals surface area contributed by atoms with E-state index in [4.69, 9.17) is 16.3 Å². The van der Waals surface area contributed by atoms with E-state index in [0.717, 1.165) is 0 Å². The van der Waals surface area contributed by atoms with E-state index in [-0.39, 0.29) is 29.8 Å². The van der Waals surface area contributed by atoms with Crippen molar-refractivity contribution >= 4 is 29.5 Å². The summed E-state index contributed by atoms with van der Waals surface area (Å²) in [7, 11) is 0. The molecule has 8 nitrogen and oxygen atoms in total. The van der Waals surface area contributed by atoms with E-state index in [9.17, 15) is 22.8 Å². The third kappa shape index (κ3) is 6.33. The third-order valence-corrected chi connectivity index (χ3v) is 2.89. The van der Waals surface area contributed by atoms with Gasteiger partial charge in [0.25, 0.3) is 5.91 Å². The normalized spacial score (nSPS) is 10.8. The van der Waals surface area contributed by atoms with Gasteiger partial charge in [-0.05, 0) is 12.1 Å². The largest absolute Gasteiger partial charge is 0.426 e. The van der Waals surface area contributed by atoms with Crippen LogP contribution in [0.1, 0.15) is 22.6 Å². The highest BCUT2D eigenvalue weighted by Gasteiger charge is 2.31. The van der Waals surface area contributed by atoms with Gasteiger partial charge in [0, 0.05) is 5.88 Å². The first-order chi connectivity index (χ1) is 11.8. The van der Waals surface area contributed by atoms with E-state index in [2.05, 4.69) is 20.0 Å². The molecule has 142 valence electrons. The van der Waals surface area contributed by atoms with Crippen molar-refractivity contribution in [1.82, 2.24) is 16.3 Å². The first-order valence-electron chi connectivity index (χ1n) is 6.85. The zero-order valence-corrected chi connectivity index (χ0v) is 13.9. The highest BCUT2D eigenvalue weighted by molar-refractivity contribution is 6.18. The fourth-order valence-electron chi connectivity index (χ4n) is 1.71. The monoisotopic (exact) mass is 394 g/mol. The van der Waals surface area contributed by atoms with Crippen LogP contribution in [0.3, 0.4) is 0 Å². The van der Waals surface area contributed by atoms with Crippen molar-refractivity contribution in [2.24, 2.45) is 0 Å². The maximum Gasteiger partial charge on any atom is 0.396 e. The number of anilines is 1. The summed E-state index contributed by atoms with van der Waals surface area (Å²) in [5, 5.41) is 5.27. The summed E-state index contributed by atoms with van der Waals surface area (Å²) in [4.78, 5) is 27.1. The Morgan fingerprint density at radius 3 is 2.62 bits per heavy atom. The van der Waals surface area contributed by atoms with Crippen LogP contribution in [0.15, 0.2) is 28.8 Å². The number of alkyl halides is 4. The number of nitrogens with zero attached hydrogens (tertiary/aromatic N) is 2. The lowest BCUT2D eigenvalue weighted by atomic mass is 10.2. The van der Waals surface area contributed by atoms with Crippen LogP contribution >= 0.6 is 11.6 Å². The molecule has 0 aliphatic carbocycles. The van der Waals surface area contributed by atoms with Crippen LogP contribution < -0.4 is 16.2 Å². The van der Waals surface area contributed by atoms with Crippen LogP contribution in [-0.2, 0) is 11.2 Å². The van der Waals surface area contributed by atoms with Gasteiger partial charge in [0.15, 0.2) is 5.82 Å². The minimum atomic E-state index is -4.51. The molecule has 0 spiro atoms. The predicted octanol–water partition coefficient (Wildman–Crippen LogP) is 3.12. The Bertz CT molecular complexity index is 767. The molecule has 0 saturated heterocycles. The number of rotatable bonds is 6. The van der Waals surface area contributed by atoms with Crippen molar-refractivity contribution in [2.75, 3.05) is 11.2 Å². The molecule has 1 heterocycles. The molecular weight excluding hydrogens is 381 g/mol. The van der Waals surface area contributed by atoms with Crippen LogP contribution in [0.2, 0.25) is 0 Å². The maximum atomic E-state index is 12.2. The Morgan fingerprint density at radius 1 is 1.27 bits per heavy atom. The molecule has 2 rings (SSSR count). The van der Waals surface area contributed by atoms with Crippen molar-refractivity contribution in [3.8, 4) is 5.75 Å². The lowest BCUT2D eigenvalue weighted by molar-refractivity contribution is -0.134. The smallest absolute Gasteiger partial charge is 0.396 e. The molecule has 0 fully saturated rings. The maximum absolute atomic E-state index is 12.2. The van der Waals surface area contributed by atoms with Crippen LogP contribution in [-0.4, -0.2) is 34.1 Å². The second-order valence-electron chi connectivity index (χ2n) is 4.67. The van der Waals surface area contributed by atoms with Crippen molar-refractivity contribution in [3.63, 3.8) is 0 Å². The van der Waals surface area contributed by atoms with E-state index >= 15 is 0 Å². The van der Waals surface area contributed by atoms with Crippen LogP contribution in [0.5, 0.6) is 5.75 Å². The molecule has 0 unspecified atom stereocenters. The van der Waals surface area contributed by atoms with Gasteiger partial charge in [-0.3, -0.25) is 14.9 Å². The first kappa shape index (κ1) is 21.4. The fraction of sp³-hybridized carbons (Fsp3) is 0.286. The zero-order chi connectivity index (χ0) is 18.4. The van der Waals surface area contributed by atoms with E-state index < -0.39 is 36.3 Å². The highest BCUT2D eigenvalue weighted by atomic mass is 35.5. The van der Waals surface area contributed by atoms with Crippen molar-refractivity contribution in [3.05, 3.63) is 35.7 Å². The van der Waals surface area contributed by atoms with Gasteiger partial charge in [0.2, 0.25) is 0 Å². The van der Waals surface area contributed by atoms with E-state index in [1.165, 1.54) is 24.3 Å². The third-order valence-electron chi connectivity index (χ3n) is 2.70. The van der Waals surface area contributed by atoms with Gasteiger partial charge in [0.1, 0.15) is 12.2 Å². The second kappa shape index (κ2) is 9.15. The van der Waals surface area contributed by atoms with Crippen molar-refractivity contribution < 1.29 is 32.0 Å². The summed E-state index contributed by atoms with van der Waals surface area (Å²) in [6.07, 6.45) is -5.95.